The number of carbonyl (C=O) groups is 2. The number of aromatic amines is 2. The lowest BCUT2D eigenvalue weighted by Gasteiger charge is -2.33. The van der Waals surface area contributed by atoms with E-state index in [4.69, 9.17) is 4.74 Å². The van der Waals surface area contributed by atoms with Gasteiger partial charge in [0.1, 0.15) is 11.2 Å². The van der Waals surface area contributed by atoms with Gasteiger partial charge in [-0.05, 0) is 0 Å². The SMILES string of the molecule is O=C(NC1(C(=O)O)CCOCC1)c1c[nH]c(=O)[nH]1. The number of carbonyl (C=O) groups excluding carboxylic acids is 1. The topological polar surface area (TPSA) is 124 Å². The molecule has 4 N–H and O–H groups in total. The highest BCUT2D eigenvalue weighted by Gasteiger charge is 2.41. The van der Waals surface area contributed by atoms with Crippen LogP contribution in [0, 0.1) is 0 Å². The van der Waals surface area contributed by atoms with Crippen molar-refractivity contribution in [1.29, 1.82) is 0 Å². The molecular weight excluding hydrogens is 242 g/mol. The van der Waals surface area contributed by atoms with Gasteiger partial charge in [-0.1, -0.05) is 0 Å². The van der Waals surface area contributed by atoms with Gasteiger partial charge in [-0.2, -0.15) is 0 Å². The van der Waals surface area contributed by atoms with Crippen LogP contribution in [-0.2, 0) is 9.53 Å². The molecule has 0 saturated carbocycles. The first-order chi connectivity index (χ1) is 8.53. The lowest BCUT2D eigenvalue weighted by Crippen LogP contribution is -2.57. The van der Waals surface area contributed by atoms with Crippen molar-refractivity contribution in [2.24, 2.45) is 0 Å². The fourth-order valence-electron chi connectivity index (χ4n) is 1.85. The molecular formula is C10H13N3O5. The quantitative estimate of drug-likeness (QED) is 0.555. The fraction of sp³-hybridized carbons (Fsp3) is 0.500. The summed E-state index contributed by atoms with van der Waals surface area (Å²) in [5.41, 5.74) is -1.84. The van der Waals surface area contributed by atoms with Gasteiger partial charge in [0.2, 0.25) is 0 Å². The number of H-pyrrole nitrogens is 2. The molecule has 2 heterocycles. The first-order valence-corrected chi connectivity index (χ1v) is 5.45. The van der Waals surface area contributed by atoms with Crippen LogP contribution < -0.4 is 11.0 Å². The number of aliphatic carboxylic acids is 1. The molecule has 0 bridgehead atoms. The maximum atomic E-state index is 11.8. The number of amides is 1. The third-order valence-electron chi connectivity index (χ3n) is 2.95. The highest BCUT2D eigenvalue weighted by Crippen LogP contribution is 2.21. The fourth-order valence-corrected chi connectivity index (χ4v) is 1.85. The van der Waals surface area contributed by atoms with Gasteiger partial charge in [0.25, 0.3) is 5.91 Å². The van der Waals surface area contributed by atoms with Crippen LogP contribution in [0.15, 0.2) is 11.0 Å². The zero-order chi connectivity index (χ0) is 13.2. The highest BCUT2D eigenvalue weighted by atomic mass is 16.5. The molecule has 8 nitrogen and oxygen atoms in total. The summed E-state index contributed by atoms with van der Waals surface area (Å²) < 4.78 is 5.09. The van der Waals surface area contributed by atoms with Crippen LogP contribution in [0.5, 0.6) is 0 Å². The highest BCUT2D eigenvalue weighted by molar-refractivity contribution is 5.96. The normalized spacial score (nSPS) is 18.2. The summed E-state index contributed by atoms with van der Waals surface area (Å²) in [6.07, 6.45) is 1.60. The third-order valence-corrected chi connectivity index (χ3v) is 2.95. The maximum Gasteiger partial charge on any atom is 0.329 e. The van der Waals surface area contributed by atoms with Gasteiger partial charge in [0, 0.05) is 32.3 Å². The van der Waals surface area contributed by atoms with Crippen molar-refractivity contribution >= 4 is 11.9 Å². The Morgan fingerprint density at radius 1 is 1.39 bits per heavy atom. The molecule has 0 radical (unpaired) electrons. The minimum absolute atomic E-state index is 0.00659. The Morgan fingerprint density at radius 3 is 2.56 bits per heavy atom. The van der Waals surface area contributed by atoms with E-state index in [2.05, 4.69) is 15.3 Å². The molecule has 0 aromatic carbocycles. The molecule has 1 amide bonds. The molecule has 1 aliphatic heterocycles. The molecule has 2 rings (SSSR count). The van der Waals surface area contributed by atoms with Crippen molar-refractivity contribution in [3.63, 3.8) is 0 Å². The molecule has 18 heavy (non-hydrogen) atoms. The molecule has 1 aromatic rings. The molecule has 0 atom stereocenters. The van der Waals surface area contributed by atoms with E-state index >= 15 is 0 Å². The zero-order valence-corrected chi connectivity index (χ0v) is 9.49. The number of carboxylic acid groups (broad SMARTS) is 1. The molecule has 1 aliphatic rings. The zero-order valence-electron chi connectivity index (χ0n) is 9.49. The molecule has 0 spiro atoms. The van der Waals surface area contributed by atoms with Crippen LogP contribution in [0.1, 0.15) is 23.3 Å². The average Bonchev–Trinajstić information content (AvgIpc) is 2.77. The van der Waals surface area contributed by atoms with Gasteiger partial charge in [-0.3, -0.25) is 4.79 Å². The summed E-state index contributed by atoms with van der Waals surface area (Å²) in [6, 6.07) is 0. The molecule has 0 unspecified atom stereocenters. The van der Waals surface area contributed by atoms with E-state index in [0.29, 0.717) is 0 Å². The van der Waals surface area contributed by atoms with Gasteiger partial charge in [0.05, 0.1) is 0 Å². The number of imidazole rings is 1. The summed E-state index contributed by atoms with van der Waals surface area (Å²) >= 11 is 0. The van der Waals surface area contributed by atoms with Gasteiger partial charge in [0.15, 0.2) is 0 Å². The Morgan fingerprint density at radius 2 is 2.06 bits per heavy atom. The van der Waals surface area contributed by atoms with E-state index in [0.717, 1.165) is 0 Å². The minimum atomic E-state index is -1.33. The Balaban J connectivity index is 2.16. The number of ether oxygens (including phenoxy) is 1. The summed E-state index contributed by atoms with van der Waals surface area (Å²) in [5.74, 6) is -1.73. The first-order valence-electron chi connectivity index (χ1n) is 5.45. The number of aromatic nitrogens is 2. The molecule has 1 fully saturated rings. The Hall–Kier alpha value is -2.09. The number of hydrogen-bond acceptors (Lipinski definition) is 4. The Kier molecular flexibility index (Phi) is 3.19. The van der Waals surface area contributed by atoms with Crippen molar-refractivity contribution < 1.29 is 19.4 Å². The Labute approximate surface area is 101 Å². The number of hydrogen-bond donors (Lipinski definition) is 4. The van der Waals surface area contributed by atoms with Crippen LogP contribution in [0.3, 0.4) is 0 Å². The third kappa shape index (κ3) is 2.28. The predicted octanol–water partition coefficient (Wildman–Crippen LogP) is -0.933. The second-order valence-corrected chi connectivity index (χ2v) is 4.11. The van der Waals surface area contributed by atoms with Gasteiger partial charge in [-0.25, -0.2) is 9.59 Å². The molecule has 8 heteroatoms. The second kappa shape index (κ2) is 4.65. The van der Waals surface area contributed by atoms with Crippen LogP contribution in [0.2, 0.25) is 0 Å². The van der Waals surface area contributed by atoms with Crippen molar-refractivity contribution in [1.82, 2.24) is 15.3 Å². The Bertz CT molecular complexity index is 512. The lowest BCUT2D eigenvalue weighted by atomic mass is 9.90. The van der Waals surface area contributed by atoms with Crippen molar-refractivity contribution in [2.75, 3.05) is 13.2 Å². The van der Waals surface area contributed by atoms with Gasteiger partial charge in [-0.15, -0.1) is 0 Å². The van der Waals surface area contributed by atoms with Gasteiger partial charge < -0.3 is 25.1 Å². The van der Waals surface area contributed by atoms with Crippen LogP contribution in [-0.4, -0.2) is 45.7 Å². The van der Waals surface area contributed by atoms with E-state index < -0.39 is 23.1 Å². The molecule has 0 aliphatic carbocycles. The largest absolute Gasteiger partial charge is 0.480 e. The van der Waals surface area contributed by atoms with Crippen molar-refractivity contribution in [3.8, 4) is 0 Å². The van der Waals surface area contributed by atoms with E-state index in [1.165, 1.54) is 6.20 Å². The summed E-state index contributed by atoms with van der Waals surface area (Å²) in [7, 11) is 0. The second-order valence-electron chi connectivity index (χ2n) is 4.11. The predicted molar refractivity (Wildman–Crippen MR) is 59.3 cm³/mol. The van der Waals surface area contributed by atoms with Crippen LogP contribution >= 0.6 is 0 Å². The number of nitrogens with one attached hydrogen (secondary N) is 3. The lowest BCUT2D eigenvalue weighted by molar-refractivity contribution is -0.148. The smallest absolute Gasteiger partial charge is 0.329 e. The van der Waals surface area contributed by atoms with Crippen LogP contribution in [0.25, 0.3) is 0 Å². The number of rotatable bonds is 3. The van der Waals surface area contributed by atoms with Crippen LogP contribution in [0.4, 0.5) is 0 Å². The first kappa shape index (κ1) is 12.4. The summed E-state index contributed by atoms with van der Waals surface area (Å²) in [4.78, 5) is 38.6. The van der Waals surface area contributed by atoms with E-state index in [1.54, 1.807) is 0 Å². The van der Waals surface area contributed by atoms with E-state index in [1.807, 2.05) is 0 Å². The molecule has 1 aromatic heterocycles. The standard InChI is InChI=1S/C10H13N3O5/c14-7(6-5-11-9(17)12-6)13-10(8(15)16)1-3-18-4-2-10/h5H,1-4H2,(H,13,14)(H,15,16)(H2,11,12,17). The van der Waals surface area contributed by atoms with Crippen molar-refractivity contribution in [3.05, 3.63) is 22.4 Å². The molecule has 98 valence electrons. The van der Waals surface area contributed by atoms with E-state index in [-0.39, 0.29) is 31.7 Å². The minimum Gasteiger partial charge on any atom is -0.480 e. The molecule has 1 saturated heterocycles. The maximum absolute atomic E-state index is 11.8. The average molecular weight is 255 g/mol. The monoisotopic (exact) mass is 255 g/mol. The summed E-state index contributed by atoms with van der Waals surface area (Å²) in [5, 5.41) is 11.7. The van der Waals surface area contributed by atoms with Crippen molar-refractivity contribution in [2.45, 2.75) is 18.4 Å². The van der Waals surface area contributed by atoms with Gasteiger partial charge >= 0.3 is 11.7 Å². The van der Waals surface area contributed by atoms with E-state index in [9.17, 15) is 19.5 Å². The number of carboxylic acids is 1. The summed E-state index contributed by atoms with van der Waals surface area (Å²) in [6.45, 7) is 0.548.